The highest BCUT2D eigenvalue weighted by atomic mass is 16.7. The number of ether oxygens (including phenoxy) is 2. The molecule has 45 heavy (non-hydrogen) atoms. The van der Waals surface area contributed by atoms with Gasteiger partial charge in [0.25, 0.3) is 0 Å². The van der Waals surface area contributed by atoms with Crippen molar-refractivity contribution in [2.24, 2.45) is 11.7 Å². The lowest BCUT2D eigenvalue weighted by Crippen LogP contribution is -2.46. The van der Waals surface area contributed by atoms with Crippen molar-refractivity contribution in [3.63, 3.8) is 0 Å². The van der Waals surface area contributed by atoms with Gasteiger partial charge in [-0.2, -0.15) is 0 Å². The van der Waals surface area contributed by atoms with Crippen LogP contribution in [0.3, 0.4) is 0 Å². The highest BCUT2D eigenvalue weighted by Gasteiger charge is 2.48. The molecule has 1 fully saturated rings. The monoisotopic (exact) mass is 612 g/mol. The number of hydrogen-bond donors (Lipinski definition) is 2. The summed E-state index contributed by atoms with van der Waals surface area (Å²) >= 11 is 0. The Hall–Kier alpha value is -4.41. The summed E-state index contributed by atoms with van der Waals surface area (Å²) in [6.07, 6.45) is 2.49. The number of likely N-dealkylation sites (tertiary alicyclic amines) is 1. The molecule has 10 heteroatoms. The highest BCUT2D eigenvalue weighted by Crippen LogP contribution is 2.43. The number of carboxylic acids is 1. The molecule has 236 valence electrons. The van der Waals surface area contributed by atoms with E-state index in [1.165, 1.54) is 0 Å². The smallest absolute Gasteiger partial charge is 0.308 e. The number of anilines is 2. The van der Waals surface area contributed by atoms with Crippen molar-refractivity contribution in [2.75, 3.05) is 42.8 Å². The van der Waals surface area contributed by atoms with Crippen LogP contribution in [-0.2, 0) is 27.3 Å². The van der Waals surface area contributed by atoms with Gasteiger partial charge >= 0.3 is 5.97 Å². The van der Waals surface area contributed by atoms with Gasteiger partial charge in [-0.3, -0.25) is 19.3 Å². The first-order valence-electron chi connectivity index (χ1n) is 15.7. The molecular weight excluding hydrogens is 572 g/mol. The molecule has 0 bridgehead atoms. The Bertz CT molecular complexity index is 1580. The quantitative estimate of drug-likeness (QED) is 0.313. The third-order valence-electron chi connectivity index (χ3n) is 9.26. The van der Waals surface area contributed by atoms with Crippen molar-refractivity contribution in [3.05, 3.63) is 83.4 Å². The first-order valence-corrected chi connectivity index (χ1v) is 15.7. The van der Waals surface area contributed by atoms with Crippen LogP contribution in [0, 0.1) is 5.92 Å². The SMILES string of the molecule is CCCCN(C(=O)CN1C[C@H](c2ccc3c(c2)OCO3)C(C(=O)O)[C@@H]1CCN1C(=O)Cc2ccccc21)c1cccc(CN)c1. The predicted octanol–water partition coefficient (Wildman–Crippen LogP) is 4.16. The first-order chi connectivity index (χ1) is 21.9. The molecule has 0 aliphatic carbocycles. The Morgan fingerprint density at radius 2 is 1.87 bits per heavy atom. The number of carbonyl (C=O) groups is 3. The highest BCUT2D eigenvalue weighted by molar-refractivity contribution is 6.01. The fourth-order valence-corrected chi connectivity index (χ4v) is 6.98. The number of amides is 2. The van der Waals surface area contributed by atoms with Crippen molar-refractivity contribution in [2.45, 2.75) is 51.1 Å². The molecule has 3 aromatic carbocycles. The van der Waals surface area contributed by atoms with E-state index in [4.69, 9.17) is 15.2 Å². The number of nitrogens with two attached hydrogens (primary N) is 1. The average molecular weight is 613 g/mol. The largest absolute Gasteiger partial charge is 0.481 e. The number of carbonyl (C=O) groups excluding carboxylic acids is 2. The zero-order valence-corrected chi connectivity index (χ0v) is 25.6. The fourth-order valence-electron chi connectivity index (χ4n) is 6.98. The van der Waals surface area contributed by atoms with Crippen LogP contribution in [0.4, 0.5) is 11.4 Å². The maximum Gasteiger partial charge on any atom is 0.308 e. The first kappa shape index (κ1) is 30.6. The number of aliphatic carboxylic acids is 1. The predicted molar refractivity (Wildman–Crippen MR) is 171 cm³/mol. The van der Waals surface area contributed by atoms with Crippen molar-refractivity contribution in [1.82, 2.24) is 4.90 Å². The third-order valence-corrected chi connectivity index (χ3v) is 9.26. The minimum atomic E-state index is -0.927. The second kappa shape index (κ2) is 13.3. The number of para-hydroxylation sites is 1. The molecule has 1 saturated heterocycles. The van der Waals surface area contributed by atoms with Gasteiger partial charge in [0.15, 0.2) is 11.5 Å². The molecule has 10 nitrogen and oxygen atoms in total. The van der Waals surface area contributed by atoms with Crippen LogP contribution >= 0.6 is 0 Å². The van der Waals surface area contributed by atoms with Gasteiger partial charge in [0.1, 0.15) is 0 Å². The molecular formula is C35H40N4O6. The van der Waals surface area contributed by atoms with Gasteiger partial charge in [0.05, 0.1) is 18.9 Å². The summed E-state index contributed by atoms with van der Waals surface area (Å²) in [5, 5.41) is 10.7. The number of benzene rings is 3. The lowest BCUT2D eigenvalue weighted by atomic mass is 9.84. The number of fused-ring (bicyclic) bond motifs is 2. The number of unbranched alkanes of at least 4 members (excludes halogenated alkanes) is 1. The summed E-state index contributed by atoms with van der Waals surface area (Å²) in [6, 6.07) is 20.5. The Morgan fingerprint density at radius 3 is 2.67 bits per heavy atom. The molecule has 0 aromatic heterocycles. The fraction of sp³-hybridized carbons (Fsp3) is 0.400. The molecule has 3 heterocycles. The van der Waals surface area contributed by atoms with E-state index < -0.39 is 17.9 Å². The van der Waals surface area contributed by atoms with Gasteiger partial charge in [-0.15, -0.1) is 0 Å². The van der Waals surface area contributed by atoms with E-state index in [1.807, 2.05) is 71.6 Å². The van der Waals surface area contributed by atoms with Gasteiger partial charge in [-0.1, -0.05) is 49.7 Å². The van der Waals surface area contributed by atoms with Gasteiger partial charge in [0.2, 0.25) is 18.6 Å². The van der Waals surface area contributed by atoms with Gasteiger partial charge in [0, 0.05) is 49.5 Å². The third kappa shape index (κ3) is 6.25. The molecule has 0 spiro atoms. The maximum atomic E-state index is 14.1. The summed E-state index contributed by atoms with van der Waals surface area (Å²) in [7, 11) is 0. The van der Waals surface area contributed by atoms with Crippen LogP contribution in [0.2, 0.25) is 0 Å². The van der Waals surface area contributed by atoms with Crippen molar-refractivity contribution < 1.29 is 29.0 Å². The van der Waals surface area contributed by atoms with Crippen molar-refractivity contribution in [3.8, 4) is 11.5 Å². The van der Waals surface area contributed by atoms with Gasteiger partial charge in [-0.25, -0.2) is 0 Å². The molecule has 3 aliphatic rings. The molecule has 0 saturated carbocycles. The molecule has 0 radical (unpaired) electrons. The lowest BCUT2D eigenvalue weighted by molar-refractivity contribution is -0.143. The Labute approximate surface area is 263 Å². The van der Waals surface area contributed by atoms with E-state index in [9.17, 15) is 19.5 Å². The lowest BCUT2D eigenvalue weighted by Gasteiger charge is -2.31. The number of carboxylic acid groups (broad SMARTS) is 1. The van der Waals surface area contributed by atoms with Crippen LogP contribution < -0.4 is 25.0 Å². The van der Waals surface area contributed by atoms with Crippen molar-refractivity contribution >= 4 is 29.2 Å². The van der Waals surface area contributed by atoms with Crippen LogP contribution in [-0.4, -0.2) is 66.8 Å². The van der Waals surface area contributed by atoms with E-state index >= 15 is 0 Å². The minimum absolute atomic E-state index is 0.00143. The molecule has 6 rings (SSSR count). The second-order valence-corrected chi connectivity index (χ2v) is 12.0. The normalized spacial score (nSPS) is 20.4. The topological polar surface area (TPSA) is 126 Å². The summed E-state index contributed by atoms with van der Waals surface area (Å²) in [6.45, 7) is 3.92. The molecule has 3 atom stereocenters. The maximum absolute atomic E-state index is 14.1. The Balaban J connectivity index is 1.30. The van der Waals surface area contributed by atoms with Crippen LogP contribution in [0.5, 0.6) is 11.5 Å². The summed E-state index contributed by atoms with van der Waals surface area (Å²) in [5.41, 5.74) is 10.3. The summed E-state index contributed by atoms with van der Waals surface area (Å²) in [4.78, 5) is 45.7. The van der Waals surface area contributed by atoms with E-state index in [0.717, 1.165) is 40.9 Å². The van der Waals surface area contributed by atoms with Crippen LogP contribution in [0.1, 0.15) is 48.8 Å². The Kier molecular flexibility index (Phi) is 9.04. The zero-order valence-electron chi connectivity index (χ0n) is 25.6. The summed E-state index contributed by atoms with van der Waals surface area (Å²) < 4.78 is 11.1. The van der Waals surface area contributed by atoms with Crippen LogP contribution in [0.15, 0.2) is 66.7 Å². The molecule has 2 amide bonds. The van der Waals surface area contributed by atoms with E-state index in [1.54, 1.807) is 9.80 Å². The number of hydrogen-bond acceptors (Lipinski definition) is 7. The van der Waals surface area contributed by atoms with E-state index in [0.29, 0.717) is 50.5 Å². The molecule has 3 N–H and O–H groups in total. The molecule has 3 aliphatic heterocycles. The van der Waals surface area contributed by atoms with E-state index in [-0.39, 0.29) is 31.1 Å². The average Bonchev–Trinajstić information content (AvgIpc) is 3.74. The summed E-state index contributed by atoms with van der Waals surface area (Å²) in [5.74, 6) is -0.986. The zero-order chi connectivity index (χ0) is 31.5. The minimum Gasteiger partial charge on any atom is -0.481 e. The second-order valence-electron chi connectivity index (χ2n) is 12.0. The van der Waals surface area contributed by atoms with Gasteiger partial charge < -0.3 is 30.1 Å². The molecule has 1 unspecified atom stereocenters. The standard InChI is InChI=1S/C35H40N4O6/c1-2-3-14-38(26-9-6-7-23(16-26)19-36)33(41)21-37-20-27(24-11-12-30-31(17-24)45-22-44-30)34(35(42)43)29(37)13-15-39-28-10-5-4-8-25(28)18-32(39)40/h4-12,16-17,27,29,34H,2-3,13-15,18-22,36H2,1H3,(H,42,43)/t27-,29+,34?/m1/s1. The number of nitrogens with zero attached hydrogens (tertiary/aromatic N) is 3. The Morgan fingerprint density at radius 1 is 1.04 bits per heavy atom. The number of rotatable bonds is 12. The van der Waals surface area contributed by atoms with E-state index in [2.05, 4.69) is 6.92 Å². The van der Waals surface area contributed by atoms with Gasteiger partial charge in [-0.05, 0) is 59.9 Å². The van der Waals surface area contributed by atoms with Crippen LogP contribution in [0.25, 0.3) is 0 Å². The van der Waals surface area contributed by atoms with Crippen molar-refractivity contribution in [1.29, 1.82) is 0 Å². The molecule has 3 aromatic rings.